The van der Waals surface area contributed by atoms with Crippen molar-refractivity contribution in [3.8, 4) is 5.75 Å². The van der Waals surface area contributed by atoms with Gasteiger partial charge in [0.2, 0.25) is 5.91 Å². The summed E-state index contributed by atoms with van der Waals surface area (Å²) in [5.74, 6) is -0.456. The van der Waals surface area contributed by atoms with Crippen molar-refractivity contribution in [2.24, 2.45) is 5.41 Å². The Hall–Kier alpha value is -3.13. The van der Waals surface area contributed by atoms with Crippen molar-refractivity contribution in [2.45, 2.75) is 13.8 Å². The van der Waals surface area contributed by atoms with Gasteiger partial charge in [-0.15, -0.1) is 0 Å². The van der Waals surface area contributed by atoms with E-state index >= 15 is 0 Å². The van der Waals surface area contributed by atoms with Crippen molar-refractivity contribution in [3.63, 3.8) is 0 Å². The third-order valence-electron chi connectivity index (χ3n) is 4.09. The zero-order chi connectivity index (χ0) is 19.8. The standard InChI is InChI=1S/C18H16ClN3O5/c1-18(2)9-27-15-8-11(4-5-13(15)21-17(18)24)20-16(23)12-7-10(19)3-6-14(12)22(25)26/h3-8H,9H2,1-2H3,(H,20,23)(H,21,24). The highest BCUT2D eigenvalue weighted by molar-refractivity contribution is 6.31. The Morgan fingerprint density at radius 1 is 1.30 bits per heavy atom. The van der Waals surface area contributed by atoms with Crippen molar-refractivity contribution in [1.29, 1.82) is 0 Å². The number of hydrogen-bond donors (Lipinski definition) is 2. The number of amides is 2. The zero-order valence-corrected chi connectivity index (χ0v) is 15.3. The van der Waals surface area contributed by atoms with E-state index in [1.807, 2.05) is 0 Å². The van der Waals surface area contributed by atoms with E-state index in [9.17, 15) is 19.7 Å². The number of ether oxygens (including phenoxy) is 1. The minimum Gasteiger partial charge on any atom is -0.490 e. The second-order valence-electron chi connectivity index (χ2n) is 6.71. The molecule has 140 valence electrons. The predicted molar refractivity (Wildman–Crippen MR) is 100 cm³/mol. The number of rotatable bonds is 3. The minimum atomic E-state index is -0.705. The Bertz CT molecular complexity index is 958. The molecule has 2 aromatic rings. The third kappa shape index (κ3) is 3.85. The number of nitrogens with zero attached hydrogens (tertiary/aromatic N) is 1. The molecule has 2 amide bonds. The summed E-state index contributed by atoms with van der Waals surface area (Å²) in [5.41, 5.74) is -0.363. The van der Waals surface area contributed by atoms with Crippen LogP contribution in [-0.4, -0.2) is 23.3 Å². The van der Waals surface area contributed by atoms with Gasteiger partial charge in [-0.1, -0.05) is 11.6 Å². The lowest BCUT2D eigenvalue weighted by atomic mass is 9.94. The molecular weight excluding hydrogens is 374 g/mol. The third-order valence-corrected chi connectivity index (χ3v) is 4.33. The van der Waals surface area contributed by atoms with E-state index < -0.39 is 16.2 Å². The molecule has 0 aromatic heterocycles. The lowest BCUT2D eigenvalue weighted by molar-refractivity contribution is -0.385. The van der Waals surface area contributed by atoms with Crippen LogP contribution in [0.25, 0.3) is 0 Å². The number of nitro benzene ring substituents is 1. The largest absolute Gasteiger partial charge is 0.490 e. The van der Waals surface area contributed by atoms with Crippen molar-refractivity contribution < 1.29 is 19.2 Å². The van der Waals surface area contributed by atoms with E-state index in [2.05, 4.69) is 10.6 Å². The molecule has 1 aliphatic heterocycles. The number of nitrogens with one attached hydrogen (secondary N) is 2. The van der Waals surface area contributed by atoms with Crippen molar-refractivity contribution in [3.05, 3.63) is 57.1 Å². The first kappa shape index (κ1) is 18.7. The van der Waals surface area contributed by atoms with Crippen molar-refractivity contribution in [2.75, 3.05) is 17.2 Å². The molecule has 0 saturated carbocycles. The fraction of sp³-hybridized carbons (Fsp3) is 0.222. The van der Waals surface area contributed by atoms with Gasteiger partial charge in [0.15, 0.2) is 0 Å². The highest BCUT2D eigenvalue weighted by Gasteiger charge is 2.32. The van der Waals surface area contributed by atoms with E-state index in [1.54, 1.807) is 32.0 Å². The molecular formula is C18H16ClN3O5. The summed E-state index contributed by atoms with van der Waals surface area (Å²) >= 11 is 5.86. The molecule has 0 spiro atoms. The molecule has 0 bridgehead atoms. The monoisotopic (exact) mass is 389 g/mol. The molecule has 2 aromatic carbocycles. The van der Waals surface area contributed by atoms with Gasteiger partial charge in [0.05, 0.1) is 16.0 Å². The van der Waals surface area contributed by atoms with Gasteiger partial charge in [-0.3, -0.25) is 19.7 Å². The Balaban J connectivity index is 1.87. The van der Waals surface area contributed by atoms with E-state index in [4.69, 9.17) is 16.3 Å². The number of carbonyl (C=O) groups excluding carboxylic acids is 2. The quantitative estimate of drug-likeness (QED) is 0.611. The summed E-state index contributed by atoms with van der Waals surface area (Å²) in [6.45, 7) is 3.69. The molecule has 8 nitrogen and oxygen atoms in total. The van der Waals surface area contributed by atoms with Crippen LogP contribution in [0.5, 0.6) is 5.75 Å². The SMILES string of the molecule is CC1(C)COc2cc(NC(=O)c3cc(Cl)ccc3[N+](=O)[O-])ccc2NC1=O. The Morgan fingerprint density at radius 3 is 2.74 bits per heavy atom. The molecule has 0 unspecified atom stereocenters. The second kappa shape index (κ2) is 6.88. The molecule has 2 N–H and O–H groups in total. The Kier molecular flexibility index (Phi) is 4.75. The van der Waals surface area contributed by atoms with E-state index in [-0.39, 0.29) is 28.8 Å². The zero-order valence-electron chi connectivity index (χ0n) is 14.5. The first-order chi connectivity index (χ1) is 12.7. The smallest absolute Gasteiger partial charge is 0.282 e. The number of nitro groups is 1. The number of fused-ring (bicyclic) bond motifs is 1. The van der Waals surface area contributed by atoms with Gasteiger partial charge in [0.1, 0.15) is 17.9 Å². The van der Waals surface area contributed by atoms with Crippen LogP contribution in [0.2, 0.25) is 5.02 Å². The molecule has 0 aliphatic carbocycles. The first-order valence-corrected chi connectivity index (χ1v) is 8.39. The lowest BCUT2D eigenvalue weighted by Gasteiger charge is -2.18. The van der Waals surface area contributed by atoms with Gasteiger partial charge in [0.25, 0.3) is 11.6 Å². The van der Waals surface area contributed by atoms with Crippen molar-refractivity contribution in [1.82, 2.24) is 0 Å². The maximum Gasteiger partial charge on any atom is 0.282 e. The summed E-state index contributed by atoms with van der Waals surface area (Å²) in [6.07, 6.45) is 0. The molecule has 1 aliphatic rings. The van der Waals surface area contributed by atoms with Gasteiger partial charge in [-0.2, -0.15) is 0 Å². The summed E-state index contributed by atoms with van der Waals surface area (Å²) in [5, 5.41) is 16.7. The predicted octanol–water partition coefficient (Wildman–Crippen LogP) is 3.86. The van der Waals surface area contributed by atoms with E-state index in [0.717, 1.165) is 0 Å². The summed E-state index contributed by atoms with van der Waals surface area (Å²) in [4.78, 5) is 35.1. The Morgan fingerprint density at radius 2 is 2.04 bits per heavy atom. The molecule has 0 fully saturated rings. The van der Waals surface area contributed by atoms with Gasteiger partial charge in [-0.05, 0) is 38.1 Å². The number of anilines is 2. The number of carbonyl (C=O) groups is 2. The average molecular weight is 390 g/mol. The van der Waals surface area contributed by atoms with Crippen LogP contribution >= 0.6 is 11.6 Å². The maximum absolute atomic E-state index is 12.5. The lowest BCUT2D eigenvalue weighted by Crippen LogP contribution is -2.33. The number of hydrogen-bond acceptors (Lipinski definition) is 5. The molecule has 1 heterocycles. The van der Waals surface area contributed by atoms with Crippen LogP contribution in [0, 0.1) is 15.5 Å². The fourth-order valence-corrected chi connectivity index (χ4v) is 2.66. The van der Waals surface area contributed by atoms with Crippen LogP contribution in [-0.2, 0) is 4.79 Å². The fourth-order valence-electron chi connectivity index (χ4n) is 2.49. The normalized spacial score (nSPS) is 15.0. The highest BCUT2D eigenvalue weighted by Crippen LogP contribution is 2.34. The van der Waals surface area contributed by atoms with E-state index in [0.29, 0.717) is 17.1 Å². The first-order valence-electron chi connectivity index (χ1n) is 8.01. The maximum atomic E-state index is 12.5. The molecule has 0 atom stereocenters. The van der Waals surface area contributed by atoms with Crippen LogP contribution in [0.1, 0.15) is 24.2 Å². The highest BCUT2D eigenvalue weighted by atomic mass is 35.5. The van der Waals surface area contributed by atoms with Gasteiger partial charge in [0, 0.05) is 22.8 Å². The number of halogens is 1. The molecule has 9 heteroatoms. The van der Waals surface area contributed by atoms with Gasteiger partial charge in [-0.25, -0.2) is 0 Å². The minimum absolute atomic E-state index is 0.155. The topological polar surface area (TPSA) is 111 Å². The Labute approximate surface area is 159 Å². The van der Waals surface area contributed by atoms with E-state index in [1.165, 1.54) is 18.2 Å². The summed E-state index contributed by atoms with van der Waals surface area (Å²) in [7, 11) is 0. The number of benzene rings is 2. The second-order valence-corrected chi connectivity index (χ2v) is 7.15. The van der Waals surface area contributed by atoms with Crippen LogP contribution in [0.4, 0.5) is 17.1 Å². The molecule has 0 radical (unpaired) electrons. The van der Waals surface area contributed by atoms with Gasteiger partial charge >= 0.3 is 0 Å². The summed E-state index contributed by atoms with van der Waals surface area (Å²) < 4.78 is 5.68. The molecule has 27 heavy (non-hydrogen) atoms. The molecule has 3 rings (SSSR count). The van der Waals surface area contributed by atoms with Gasteiger partial charge < -0.3 is 15.4 Å². The average Bonchev–Trinajstić information content (AvgIpc) is 2.71. The summed E-state index contributed by atoms with van der Waals surface area (Å²) in [6, 6.07) is 8.46. The van der Waals surface area contributed by atoms with Crippen molar-refractivity contribution >= 4 is 40.5 Å². The van der Waals surface area contributed by atoms with Crippen LogP contribution < -0.4 is 15.4 Å². The van der Waals surface area contributed by atoms with Crippen LogP contribution in [0.15, 0.2) is 36.4 Å². The molecule has 0 saturated heterocycles. The van der Waals surface area contributed by atoms with Crippen LogP contribution in [0.3, 0.4) is 0 Å².